The summed E-state index contributed by atoms with van der Waals surface area (Å²) in [6.07, 6.45) is 2.49. The van der Waals surface area contributed by atoms with Crippen LogP contribution in [0.1, 0.15) is 23.5 Å². The van der Waals surface area contributed by atoms with Gasteiger partial charge >= 0.3 is 0 Å². The maximum Gasteiger partial charge on any atom is 0.123 e. The van der Waals surface area contributed by atoms with Crippen LogP contribution in [0.4, 0.5) is 0 Å². The molecule has 0 aliphatic carbocycles. The van der Waals surface area contributed by atoms with E-state index in [0.29, 0.717) is 11.8 Å². The molecule has 0 unspecified atom stereocenters. The molecule has 0 bridgehead atoms. The molecule has 0 radical (unpaired) electrons. The van der Waals surface area contributed by atoms with E-state index in [2.05, 4.69) is 57.4 Å². The second-order valence-electron chi connectivity index (χ2n) is 5.63. The van der Waals surface area contributed by atoms with Gasteiger partial charge < -0.3 is 4.79 Å². The van der Waals surface area contributed by atoms with Gasteiger partial charge in [0.05, 0.1) is 0 Å². The molecule has 0 saturated carbocycles. The Balaban J connectivity index is 2.83. The van der Waals surface area contributed by atoms with Gasteiger partial charge in [0.25, 0.3) is 0 Å². The van der Waals surface area contributed by atoms with E-state index in [1.54, 1.807) is 0 Å². The molecule has 0 fully saturated rings. The highest BCUT2D eigenvalue weighted by Crippen LogP contribution is 2.23. The predicted octanol–water partition coefficient (Wildman–Crippen LogP) is 4.10. The van der Waals surface area contributed by atoms with Crippen molar-refractivity contribution < 1.29 is 4.79 Å². The molecule has 0 heterocycles. The molecule has 92 valence electrons. The molecule has 1 aromatic rings. The highest BCUT2D eigenvalue weighted by Gasteiger charge is 2.26. The molecule has 0 aliphatic heterocycles. The Labute approximate surface area is 106 Å². The van der Waals surface area contributed by atoms with Crippen LogP contribution in [0.25, 0.3) is 0 Å². The summed E-state index contributed by atoms with van der Waals surface area (Å²) < 4.78 is 0. The van der Waals surface area contributed by atoms with E-state index in [9.17, 15) is 4.79 Å². The zero-order valence-electron chi connectivity index (χ0n) is 11.3. The number of aryl methyl sites for hydroxylation is 1. The van der Waals surface area contributed by atoms with Crippen LogP contribution in [-0.4, -0.2) is 13.5 Å². The van der Waals surface area contributed by atoms with Crippen LogP contribution in [0.2, 0.25) is 19.6 Å². The van der Waals surface area contributed by atoms with E-state index < -0.39 is 8.07 Å². The molecule has 0 amide bonds. The lowest BCUT2D eigenvalue weighted by atomic mass is 9.96. The van der Waals surface area contributed by atoms with Gasteiger partial charge in [0.2, 0.25) is 0 Å². The van der Waals surface area contributed by atoms with Crippen molar-refractivity contribution in [1.82, 2.24) is 0 Å². The third-order valence-corrected chi connectivity index (χ3v) is 4.91. The van der Waals surface area contributed by atoms with E-state index in [4.69, 9.17) is 0 Å². The van der Waals surface area contributed by atoms with Gasteiger partial charge in [-0.25, -0.2) is 0 Å². The van der Waals surface area contributed by atoms with Gasteiger partial charge in [0.1, 0.15) is 13.5 Å². The zero-order chi connectivity index (χ0) is 13.1. The Morgan fingerprint density at radius 2 is 1.82 bits per heavy atom. The first-order valence-corrected chi connectivity index (χ1v) is 9.57. The van der Waals surface area contributed by atoms with E-state index in [-0.39, 0.29) is 5.92 Å². The molecule has 2 heteroatoms. The van der Waals surface area contributed by atoms with Crippen molar-refractivity contribution in [3.8, 4) is 0 Å². The standard InChI is InChI=1S/C15H22OSi/c1-6-13(11-15(16)17(3,4)5)14-9-7-12(2)8-10-14/h6-10,13H,1,11H2,2-5H3/t13-/m1/s1. The van der Waals surface area contributed by atoms with Crippen LogP contribution in [0.3, 0.4) is 0 Å². The quantitative estimate of drug-likeness (QED) is 0.564. The summed E-state index contributed by atoms with van der Waals surface area (Å²) >= 11 is 0. The number of hydrogen-bond donors (Lipinski definition) is 0. The molecular formula is C15H22OSi. The number of carbonyl (C=O) groups excluding carboxylic acids is 1. The third-order valence-electron chi connectivity index (χ3n) is 3.03. The average Bonchev–Trinajstić information content (AvgIpc) is 2.25. The van der Waals surface area contributed by atoms with E-state index in [1.807, 2.05) is 6.08 Å². The molecule has 1 aromatic carbocycles. The van der Waals surface area contributed by atoms with E-state index >= 15 is 0 Å². The van der Waals surface area contributed by atoms with E-state index in [0.717, 1.165) is 0 Å². The summed E-state index contributed by atoms with van der Waals surface area (Å²) in [5.74, 6) is 0.162. The zero-order valence-corrected chi connectivity index (χ0v) is 12.3. The van der Waals surface area contributed by atoms with Crippen molar-refractivity contribution in [2.45, 2.75) is 38.9 Å². The highest BCUT2D eigenvalue weighted by molar-refractivity contribution is 7.03. The van der Waals surface area contributed by atoms with Crippen LogP contribution >= 0.6 is 0 Å². The Morgan fingerprint density at radius 3 is 2.24 bits per heavy atom. The largest absolute Gasteiger partial charge is 0.305 e. The Kier molecular flexibility index (Phi) is 4.46. The minimum atomic E-state index is -1.67. The van der Waals surface area contributed by atoms with Crippen molar-refractivity contribution in [3.05, 3.63) is 48.0 Å². The average molecular weight is 246 g/mol. The molecule has 1 nitrogen and oxygen atoms in total. The molecule has 0 spiro atoms. The summed E-state index contributed by atoms with van der Waals surface area (Å²) in [6.45, 7) is 12.2. The first-order chi connectivity index (χ1) is 7.84. The van der Waals surface area contributed by atoms with Gasteiger partial charge in [-0.1, -0.05) is 55.5 Å². The van der Waals surface area contributed by atoms with Crippen molar-refractivity contribution in [2.75, 3.05) is 0 Å². The van der Waals surface area contributed by atoms with Crippen LogP contribution in [-0.2, 0) is 4.79 Å². The van der Waals surface area contributed by atoms with Crippen molar-refractivity contribution in [1.29, 1.82) is 0 Å². The number of benzene rings is 1. The lowest BCUT2D eigenvalue weighted by Crippen LogP contribution is -2.34. The fraction of sp³-hybridized carbons (Fsp3) is 0.400. The van der Waals surface area contributed by atoms with E-state index in [1.165, 1.54) is 11.1 Å². The molecule has 0 aromatic heterocycles. The lowest BCUT2D eigenvalue weighted by Gasteiger charge is -2.18. The number of hydrogen-bond acceptors (Lipinski definition) is 1. The Morgan fingerprint density at radius 1 is 1.29 bits per heavy atom. The summed E-state index contributed by atoms with van der Waals surface area (Å²) in [6, 6.07) is 8.37. The summed E-state index contributed by atoms with van der Waals surface area (Å²) in [5, 5.41) is 0.419. The van der Waals surface area contributed by atoms with Gasteiger partial charge in [-0.3, -0.25) is 0 Å². The topological polar surface area (TPSA) is 17.1 Å². The SMILES string of the molecule is C=C[C@H](CC(=O)[Si](C)(C)C)c1ccc(C)cc1. The monoisotopic (exact) mass is 246 g/mol. The molecular weight excluding hydrogens is 224 g/mol. The van der Waals surface area contributed by atoms with Crippen molar-refractivity contribution >= 4 is 13.5 Å². The Bertz CT molecular complexity index is 398. The maximum atomic E-state index is 12.1. The smallest absolute Gasteiger partial charge is 0.123 e. The molecule has 0 aliphatic rings. The Hall–Kier alpha value is -1.15. The third kappa shape index (κ3) is 3.97. The second kappa shape index (κ2) is 5.45. The number of carbonyl (C=O) groups is 1. The highest BCUT2D eigenvalue weighted by atomic mass is 28.3. The van der Waals surface area contributed by atoms with Gasteiger partial charge in [0.15, 0.2) is 0 Å². The fourth-order valence-corrected chi connectivity index (χ4v) is 2.49. The first-order valence-electron chi connectivity index (χ1n) is 6.07. The molecule has 17 heavy (non-hydrogen) atoms. The number of allylic oxidation sites excluding steroid dienone is 1. The van der Waals surface area contributed by atoms with Crippen molar-refractivity contribution in [3.63, 3.8) is 0 Å². The fourth-order valence-electron chi connectivity index (χ4n) is 1.66. The molecule has 0 saturated heterocycles. The lowest BCUT2D eigenvalue weighted by molar-refractivity contribution is -0.112. The number of rotatable bonds is 5. The van der Waals surface area contributed by atoms with Crippen molar-refractivity contribution in [2.24, 2.45) is 0 Å². The van der Waals surface area contributed by atoms with Crippen LogP contribution in [0, 0.1) is 6.92 Å². The van der Waals surface area contributed by atoms with Gasteiger partial charge in [-0.2, -0.15) is 0 Å². The van der Waals surface area contributed by atoms with Gasteiger partial charge in [0, 0.05) is 12.3 Å². The minimum Gasteiger partial charge on any atom is -0.305 e. The first kappa shape index (κ1) is 13.9. The minimum absolute atomic E-state index is 0.162. The van der Waals surface area contributed by atoms with Crippen LogP contribution < -0.4 is 0 Å². The maximum absolute atomic E-state index is 12.1. The summed E-state index contributed by atoms with van der Waals surface area (Å²) in [7, 11) is -1.67. The van der Waals surface area contributed by atoms with Gasteiger partial charge in [-0.15, -0.1) is 6.58 Å². The summed E-state index contributed by atoms with van der Waals surface area (Å²) in [4.78, 5) is 12.1. The second-order valence-corrected chi connectivity index (χ2v) is 10.7. The normalized spacial score (nSPS) is 13.2. The summed E-state index contributed by atoms with van der Waals surface area (Å²) in [5.41, 5.74) is 2.44. The van der Waals surface area contributed by atoms with Crippen LogP contribution in [0.5, 0.6) is 0 Å². The van der Waals surface area contributed by atoms with Crippen LogP contribution in [0.15, 0.2) is 36.9 Å². The predicted molar refractivity (Wildman–Crippen MR) is 77.1 cm³/mol. The molecule has 0 N–H and O–H groups in total. The van der Waals surface area contributed by atoms with Gasteiger partial charge in [-0.05, 0) is 12.5 Å². The molecule has 1 atom stereocenters. The molecule has 1 rings (SSSR count).